The summed E-state index contributed by atoms with van der Waals surface area (Å²) in [5, 5.41) is 3.23. The van der Waals surface area contributed by atoms with Crippen LogP contribution < -0.4 is 5.32 Å². The van der Waals surface area contributed by atoms with Crippen molar-refractivity contribution < 1.29 is 4.79 Å². The molecule has 0 aliphatic carbocycles. The Bertz CT molecular complexity index is 356. The van der Waals surface area contributed by atoms with Gasteiger partial charge in [0.25, 0.3) is 0 Å². The molecule has 0 saturated carbocycles. The third-order valence-electron chi connectivity index (χ3n) is 2.66. The minimum Gasteiger partial charge on any atom is -0.346 e. The van der Waals surface area contributed by atoms with E-state index in [-0.39, 0.29) is 5.92 Å². The second kappa shape index (κ2) is 3.53. The number of H-pyrrole nitrogens is 1. The maximum absolute atomic E-state index is 11.7. The quantitative estimate of drug-likeness (QED) is 0.689. The predicted molar refractivity (Wildman–Crippen MR) is 53.3 cm³/mol. The number of carbonyl (C=O) groups excluding carboxylic acids is 1. The molecule has 0 spiro atoms. The van der Waals surface area contributed by atoms with Crippen molar-refractivity contribution in [3.05, 3.63) is 17.2 Å². The van der Waals surface area contributed by atoms with Crippen molar-refractivity contribution in [3.63, 3.8) is 0 Å². The highest BCUT2D eigenvalue weighted by atomic mass is 16.1. The number of rotatable bonds is 1. The molecule has 1 aliphatic heterocycles. The van der Waals surface area contributed by atoms with Gasteiger partial charge in [-0.25, -0.2) is 4.98 Å². The molecule has 1 unspecified atom stereocenters. The van der Waals surface area contributed by atoms with Gasteiger partial charge in [0.05, 0.1) is 11.6 Å². The Kier molecular flexibility index (Phi) is 2.37. The number of nitrogens with zero attached hydrogens (tertiary/aromatic N) is 1. The van der Waals surface area contributed by atoms with E-state index < -0.39 is 0 Å². The standard InChI is InChI=1S/C10H15N3O/c1-6-10(13-7(2)12-6)8-5-11-4-3-9(8)14/h8,11H,3-5H2,1-2H3,(H,12,13). The molecule has 2 heterocycles. The summed E-state index contributed by atoms with van der Waals surface area (Å²) in [5.41, 5.74) is 1.93. The minimum absolute atomic E-state index is 0.0475. The summed E-state index contributed by atoms with van der Waals surface area (Å²) in [6.45, 7) is 5.41. The first-order chi connectivity index (χ1) is 6.68. The van der Waals surface area contributed by atoms with Gasteiger partial charge in [-0.15, -0.1) is 0 Å². The number of nitrogens with one attached hydrogen (secondary N) is 2. The Morgan fingerprint density at radius 3 is 2.79 bits per heavy atom. The average Bonchev–Trinajstić information content (AvgIpc) is 2.46. The van der Waals surface area contributed by atoms with Gasteiger partial charge < -0.3 is 10.3 Å². The van der Waals surface area contributed by atoms with E-state index in [4.69, 9.17) is 0 Å². The number of hydrogen-bond acceptors (Lipinski definition) is 3. The van der Waals surface area contributed by atoms with Crippen LogP contribution in [0.25, 0.3) is 0 Å². The van der Waals surface area contributed by atoms with Gasteiger partial charge in [0, 0.05) is 25.2 Å². The molecule has 2 N–H and O–H groups in total. The zero-order valence-corrected chi connectivity index (χ0v) is 8.55. The lowest BCUT2D eigenvalue weighted by atomic mass is 9.94. The monoisotopic (exact) mass is 193 g/mol. The molecule has 1 saturated heterocycles. The van der Waals surface area contributed by atoms with E-state index in [2.05, 4.69) is 15.3 Å². The van der Waals surface area contributed by atoms with E-state index in [1.165, 1.54) is 0 Å². The van der Waals surface area contributed by atoms with E-state index >= 15 is 0 Å². The lowest BCUT2D eigenvalue weighted by Gasteiger charge is -2.20. The molecule has 4 heteroatoms. The number of hydrogen-bond donors (Lipinski definition) is 2. The SMILES string of the molecule is Cc1nc(C2CNCCC2=O)c(C)[nH]1. The normalized spacial score (nSPS) is 22.7. The molecule has 2 rings (SSSR count). The molecule has 76 valence electrons. The van der Waals surface area contributed by atoms with Crippen molar-refractivity contribution in [2.75, 3.05) is 13.1 Å². The highest BCUT2D eigenvalue weighted by Crippen LogP contribution is 2.21. The number of aromatic nitrogens is 2. The van der Waals surface area contributed by atoms with Crippen LogP contribution >= 0.6 is 0 Å². The summed E-state index contributed by atoms with van der Waals surface area (Å²) in [6, 6.07) is 0. The first-order valence-corrected chi connectivity index (χ1v) is 4.95. The summed E-state index contributed by atoms with van der Waals surface area (Å²) in [6.07, 6.45) is 0.621. The van der Waals surface area contributed by atoms with Gasteiger partial charge in [0.2, 0.25) is 0 Å². The van der Waals surface area contributed by atoms with Crippen LogP contribution in [-0.2, 0) is 4.79 Å². The van der Waals surface area contributed by atoms with Crippen LogP contribution in [0.4, 0.5) is 0 Å². The van der Waals surface area contributed by atoms with Gasteiger partial charge in [0.1, 0.15) is 11.6 Å². The first-order valence-electron chi connectivity index (χ1n) is 4.95. The molecule has 1 aliphatic rings. The Balaban J connectivity index is 2.28. The zero-order valence-electron chi connectivity index (χ0n) is 8.55. The third-order valence-corrected chi connectivity index (χ3v) is 2.66. The fourth-order valence-electron chi connectivity index (χ4n) is 1.96. The topological polar surface area (TPSA) is 57.8 Å². The Morgan fingerprint density at radius 2 is 2.21 bits per heavy atom. The van der Waals surface area contributed by atoms with Crippen LogP contribution in [0.15, 0.2) is 0 Å². The molecule has 1 atom stereocenters. The first kappa shape index (κ1) is 9.40. The highest BCUT2D eigenvalue weighted by Gasteiger charge is 2.27. The molecule has 1 aromatic heterocycles. The summed E-state index contributed by atoms with van der Waals surface area (Å²) in [7, 11) is 0. The maximum atomic E-state index is 11.7. The van der Waals surface area contributed by atoms with Crippen molar-refractivity contribution in [1.29, 1.82) is 0 Å². The highest BCUT2D eigenvalue weighted by molar-refractivity contribution is 5.86. The van der Waals surface area contributed by atoms with E-state index in [9.17, 15) is 4.79 Å². The Labute approximate surface area is 83.1 Å². The predicted octanol–water partition coefficient (Wildman–Crippen LogP) is 0.673. The fraction of sp³-hybridized carbons (Fsp3) is 0.600. The molecule has 4 nitrogen and oxygen atoms in total. The van der Waals surface area contributed by atoms with E-state index in [1.54, 1.807) is 0 Å². The van der Waals surface area contributed by atoms with Gasteiger partial charge in [-0.3, -0.25) is 4.79 Å². The van der Waals surface area contributed by atoms with E-state index in [0.29, 0.717) is 12.2 Å². The zero-order chi connectivity index (χ0) is 10.1. The number of carbonyl (C=O) groups is 1. The largest absolute Gasteiger partial charge is 0.346 e. The van der Waals surface area contributed by atoms with Gasteiger partial charge >= 0.3 is 0 Å². The Hall–Kier alpha value is -1.16. The van der Waals surface area contributed by atoms with Gasteiger partial charge in [-0.2, -0.15) is 0 Å². The van der Waals surface area contributed by atoms with E-state index in [0.717, 1.165) is 30.3 Å². The molecule has 0 radical (unpaired) electrons. The number of Topliss-reactive ketones (excluding diaryl/α,β-unsaturated/α-hetero) is 1. The van der Waals surface area contributed by atoms with Crippen molar-refractivity contribution in [3.8, 4) is 0 Å². The summed E-state index contributed by atoms with van der Waals surface area (Å²) in [5.74, 6) is 1.14. The van der Waals surface area contributed by atoms with Crippen molar-refractivity contribution >= 4 is 5.78 Å². The van der Waals surface area contributed by atoms with Crippen molar-refractivity contribution in [1.82, 2.24) is 15.3 Å². The van der Waals surface area contributed by atoms with Crippen LogP contribution in [0.2, 0.25) is 0 Å². The summed E-state index contributed by atoms with van der Waals surface area (Å²) >= 11 is 0. The molecule has 0 aromatic carbocycles. The summed E-state index contributed by atoms with van der Waals surface area (Å²) in [4.78, 5) is 19.2. The molecule has 0 bridgehead atoms. The smallest absolute Gasteiger partial charge is 0.144 e. The molecule has 1 aromatic rings. The second-order valence-electron chi connectivity index (χ2n) is 3.81. The van der Waals surface area contributed by atoms with Gasteiger partial charge in [-0.1, -0.05) is 0 Å². The van der Waals surface area contributed by atoms with Crippen LogP contribution in [0.1, 0.15) is 29.6 Å². The molecule has 1 fully saturated rings. The van der Waals surface area contributed by atoms with Crippen LogP contribution in [0, 0.1) is 13.8 Å². The summed E-state index contributed by atoms with van der Waals surface area (Å²) < 4.78 is 0. The molecular weight excluding hydrogens is 178 g/mol. The molecule has 0 amide bonds. The Morgan fingerprint density at radius 1 is 1.43 bits per heavy atom. The maximum Gasteiger partial charge on any atom is 0.144 e. The number of aryl methyl sites for hydroxylation is 2. The number of aromatic amines is 1. The number of piperidine rings is 1. The lowest BCUT2D eigenvalue weighted by Crippen LogP contribution is -2.35. The average molecular weight is 193 g/mol. The van der Waals surface area contributed by atoms with Gasteiger partial charge in [-0.05, 0) is 13.8 Å². The van der Waals surface area contributed by atoms with E-state index in [1.807, 2.05) is 13.8 Å². The second-order valence-corrected chi connectivity index (χ2v) is 3.81. The third kappa shape index (κ3) is 1.57. The molecular formula is C10H15N3O. The fourth-order valence-corrected chi connectivity index (χ4v) is 1.96. The lowest BCUT2D eigenvalue weighted by molar-refractivity contribution is -0.121. The van der Waals surface area contributed by atoms with Crippen molar-refractivity contribution in [2.24, 2.45) is 0 Å². The van der Waals surface area contributed by atoms with Crippen molar-refractivity contribution in [2.45, 2.75) is 26.2 Å². The number of ketones is 1. The minimum atomic E-state index is -0.0475. The van der Waals surface area contributed by atoms with Gasteiger partial charge in [0.15, 0.2) is 0 Å². The number of imidazole rings is 1. The molecule has 14 heavy (non-hydrogen) atoms. The van der Waals surface area contributed by atoms with Crippen LogP contribution in [-0.4, -0.2) is 28.8 Å². The van der Waals surface area contributed by atoms with Crippen LogP contribution in [0.5, 0.6) is 0 Å². The van der Waals surface area contributed by atoms with Crippen LogP contribution in [0.3, 0.4) is 0 Å².